The Morgan fingerprint density at radius 1 is 0.962 bits per heavy atom. The van der Waals surface area contributed by atoms with Gasteiger partial charge in [0.15, 0.2) is 0 Å². The summed E-state index contributed by atoms with van der Waals surface area (Å²) in [7, 11) is 0. The number of ether oxygens (including phenoxy) is 2. The fourth-order valence-electron chi connectivity index (χ4n) is 2.25. The largest absolute Gasteiger partial charge is 0.508 e. The van der Waals surface area contributed by atoms with Crippen LogP contribution in [0.2, 0.25) is 0 Å². The van der Waals surface area contributed by atoms with Crippen LogP contribution in [0.15, 0.2) is 48.5 Å². The molecule has 5 nitrogen and oxygen atoms in total. The summed E-state index contributed by atoms with van der Waals surface area (Å²) in [4.78, 5) is 24.0. The van der Waals surface area contributed by atoms with E-state index in [2.05, 4.69) is 13.8 Å². The fraction of sp³-hybridized carbons (Fsp3) is 0.300. The van der Waals surface area contributed by atoms with Gasteiger partial charge in [-0.25, -0.2) is 9.59 Å². The fourth-order valence-corrected chi connectivity index (χ4v) is 2.67. The van der Waals surface area contributed by atoms with Gasteiger partial charge in [0, 0.05) is 0 Å². The summed E-state index contributed by atoms with van der Waals surface area (Å²) < 4.78 is 10.4. The van der Waals surface area contributed by atoms with Gasteiger partial charge in [0.05, 0.1) is 16.5 Å². The second-order valence-corrected chi connectivity index (χ2v) is 6.90. The zero-order valence-corrected chi connectivity index (χ0v) is 15.4. The first-order chi connectivity index (χ1) is 12.3. The van der Waals surface area contributed by atoms with Gasteiger partial charge in [-0.1, -0.05) is 13.8 Å². The molecule has 0 fully saturated rings. The predicted molar refractivity (Wildman–Crippen MR) is 98.9 cm³/mol. The number of rotatable bonds is 7. The van der Waals surface area contributed by atoms with E-state index in [-0.39, 0.29) is 17.7 Å². The maximum Gasteiger partial charge on any atom is 0.343 e. The van der Waals surface area contributed by atoms with Crippen molar-refractivity contribution in [1.82, 2.24) is 0 Å². The van der Waals surface area contributed by atoms with E-state index in [9.17, 15) is 14.7 Å². The number of carbonyl (C=O) groups is 2. The van der Waals surface area contributed by atoms with Gasteiger partial charge in [0.2, 0.25) is 0 Å². The molecule has 138 valence electrons. The Morgan fingerprint density at radius 3 is 2.08 bits per heavy atom. The molecule has 6 heteroatoms. The third kappa shape index (κ3) is 6.08. The van der Waals surface area contributed by atoms with E-state index >= 15 is 0 Å². The van der Waals surface area contributed by atoms with Crippen molar-refractivity contribution in [2.75, 3.05) is 6.61 Å². The second-order valence-electron chi connectivity index (χ2n) is 6.29. The standard InChI is InChI=1S/C20H21ClO5/c1-13(2)11-16(21)12-25-19(23)14-5-9-18(10-6-14)26-20(24)15-3-7-17(22)8-4-15/h3-10,13,16,22H,11-12H2,1-2H3. The van der Waals surface area contributed by atoms with Crippen molar-refractivity contribution in [3.05, 3.63) is 59.7 Å². The Balaban J connectivity index is 1.90. The van der Waals surface area contributed by atoms with E-state index in [0.717, 1.165) is 6.42 Å². The summed E-state index contributed by atoms with van der Waals surface area (Å²) in [5.41, 5.74) is 0.660. The first-order valence-electron chi connectivity index (χ1n) is 8.27. The third-order valence-corrected chi connectivity index (χ3v) is 3.83. The first kappa shape index (κ1) is 19.8. The highest BCUT2D eigenvalue weighted by atomic mass is 35.5. The predicted octanol–water partition coefficient (Wildman–Crippen LogP) is 4.42. The summed E-state index contributed by atoms with van der Waals surface area (Å²) in [6.07, 6.45) is 0.765. The minimum atomic E-state index is -0.556. The molecule has 0 aliphatic rings. The van der Waals surface area contributed by atoms with Gasteiger partial charge < -0.3 is 14.6 Å². The summed E-state index contributed by atoms with van der Waals surface area (Å²) in [5.74, 6) is -0.236. The van der Waals surface area contributed by atoms with Gasteiger partial charge in [0.25, 0.3) is 0 Å². The first-order valence-corrected chi connectivity index (χ1v) is 8.71. The maximum atomic E-state index is 12.0. The SMILES string of the molecule is CC(C)CC(Cl)COC(=O)c1ccc(OC(=O)c2ccc(O)cc2)cc1. The summed E-state index contributed by atoms with van der Waals surface area (Å²) in [6, 6.07) is 11.8. The van der Waals surface area contributed by atoms with Crippen LogP contribution in [0.4, 0.5) is 0 Å². The topological polar surface area (TPSA) is 72.8 Å². The van der Waals surface area contributed by atoms with Gasteiger partial charge in [-0.05, 0) is 60.9 Å². The average Bonchev–Trinajstić information content (AvgIpc) is 2.60. The van der Waals surface area contributed by atoms with Crippen LogP contribution in [0.1, 0.15) is 41.0 Å². The molecule has 2 aromatic rings. The Kier molecular flexibility index (Phi) is 7.04. The number of hydrogen-bond donors (Lipinski definition) is 1. The average molecular weight is 377 g/mol. The molecule has 1 atom stereocenters. The van der Waals surface area contributed by atoms with E-state index in [1.54, 1.807) is 0 Å². The molecule has 0 aliphatic carbocycles. The third-order valence-electron chi connectivity index (χ3n) is 3.53. The monoisotopic (exact) mass is 376 g/mol. The lowest BCUT2D eigenvalue weighted by molar-refractivity contribution is 0.0498. The Morgan fingerprint density at radius 2 is 1.50 bits per heavy atom. The molecular formula is C20H21ClO5. The molecule has 0 bridgehead atoms. The highest BCUT2D eigenvalue weighted by Crippen LogP contribution is 2.17. The van der Waals surface area contributed by atoms with E-state index in [1.807, 2.05) is 0 Å². The molecular weight excluding hydrogens is 356 g/mol. The number of hydrogen-bond acceptors (Lipinski definition) is 5. The number of carbonyl (C=O) groups excluding carboxylic acids is 2. The second kappa shape index (κ2) is 9.25. The van der Waals surface area contributed by atoms with Crippen molar-refractivity contribution < 1.29 is 24.2 Å². The molecule has 0 aromatic heterocycles. The normalized spacial score (nSPS) is 11.8. The molecule has 1 N–H and O–H groups in total. The van der Waals surface area contributed by atoms with Crippen LogP contribution < -0.4 is 4.74 Å². The van der Waals surface area contributed by atoms with E-state index in [1.165, 1.54) is 48.5 Å². The van der Waals surface area contributed by atoms with Crippen molar-refractivity contribution in [3.8, 4) is 11.5 Å². The van der Waals surface area contributed by atoms with E-state index in [4.69, 9.17) is 21.1 Å². The molecule has 2 rings (SSSR count). The van der Waals surface area contributed by atoms with Gasteiger partial charge >= 0.3 is 11.9 Å². The number of phenols is 1. The van der Waals surface area contributed by atoms with Gasteiger partial charge in [0.1, 0.15) is 18.1 Å². The van der Waals surface area contributed by atoms with Gasteiger partial charge in [-0.3, -0.25) is 0 Å². The Hall–Kier alpha value is -2.53. The maximum absolute atomic E-state index is 12.0. The molecule has 0 amide bonds. The van der Waals surface area contributed by atoms with Crippen molar-refractivity contribution in [2.24, 2.45) is 5.92 Å². The summed E-state index contributed by atoms with van der Waals surface area (Å²) in [6.45, 7) is 4.25. The van der Waals surface area contributed by atoms with Crippen LogP contribution in [0.25, 0.3) is 0 Å². The number of phenolic OH excluding ortho intramolecular Hbond substituents is 1. The van der Waals surface area contributed by atoms with Gasteiger partial charge in [-0.15, -0.1) is 11.6 Å². The highest BCUT2D eigenvalue weighted by molar-refractivity contribution is 6.20. The Bertz CT molecular complexity index is 738. The minimum absolute atomic E-state index is 0.0667. The number of alkyl halides is 1. The molecule has 0 saturated carbocycles. The highest BCUT2D eigenvalue weighted by Gasteiger charge is 2.13. The number of benzene rings is 2. The Labute approximate surface area is 157 Å². The molecule has 0 spiro atoms. The van der Waals surface area contributed by atoms with Crippen LogP contribution in [-0.4, -0.2) is 29.0 Å². The van der Waals surface area contributed by atoms with Crippen molar-refractivity contribution in [1.29, 1.82) is 0 Å². The van der Waals surface area contributed by atoms with E-state index < -0.39 is 11.9 Å². The number of halogens is 1. The number of aromatic hydroxyl groups is 1. The molecule has 2 aromatic carbocycles. The summed E-state index contributed by atoms with van der Waals surface area (Å²) in [5, 5.41) is 9.01. The van der Waals surface area contributed by atoms with Crippen molar-refractivity contribution in [2.45, 2.75) is 25.6 Å². The molecule has 0 saturated heterocycles. The molecule has 26 heavy (non-hydrogen) atoms. The molecule has 1 unspecified atom stereocenters. The van der Waals surface area contributed by atoms with Crippen LogP contribution in [-0.2, 0) is 4.74 Å². The quantitative estimate of drug-likeness (QED) is 0.440. The van der Waals surface area contributed by atoms with Gasteiger partial charge in [-0.2, -0.15) is 0 Å². The lowest BCUT2D eigenvalue weighted by atomic mass is 10.1. The van der Waals surface area contributed by atoms with Crippen molar-refractivity contribution in [3.63, 3.8) is 0 Å². The summed E-state index contributed by atoms with van der Waals surface area (Å²) >= 11 is 6.11. The van der Waals surface area contributed by atoms with Crippen molar-refractivity contribution >= 4 is 23.5 Å². The zero-order chi connectivity index (χ0) is 19.1. The van der Waals surface area contributed by atoms with Crippen LogP contribution in [0, 0.1) is 5.92 Å². The molecule has 0 radical (unpaired) electrons. The van der Waals surface area contributed by atoms with E-state index in [0.29, 0.717) is 22.8 Å². The van der Waals surface area contributed by atoms with Crippen LogP contribution >= 0.6 is 11.6 Å². The van der Waals surface area contributed by atoms with Crippen LogP contribution in [0.3, 0.4) is 0 Å². The minimum Gasteiger partial charge on any atom is -0.508 e. The lowest BCUT2D eigenvalue weighted by Gasteiger charge is -2.12. The molecule has 0 heterocycles. The zero-order valence-electron chi connectivity index (χ0n) is 14.6. The lowest BCUT2D eigenvalue weighted by Crippen LogP contribution is -2.16. The number of esters is 2. The van der Waals surface area contributed by atoms with Crippen LogP contribution in [0.5, 0.6) is 11.5 Å². The molecule has 0 aliphatic heterocycles. The smallest absolute Gasteiger partial charge is 0.343 e.